The van der Waals surface area contributed by atoms with Crippen molar-refractivity contribution in [2.24, 2.45) is 0 Å². The van der Waals surface area contributed by atoms with Gasteiger partial charge in [-0.15, -0.1) is 0 Å². The number of benzene rings is 1. The molecule has 1 saturated heterocycles. The molecule has 1 aromatic carbocycles. The van der Waals surface area contributed by atoms with Crippen LogP contribution in [0.5, 0.6) is 5.75 Å². The molecule has 1 saturated carbocycles. The van der Waals surface area contributed by atoms with E-state index in [1.54, 1.807) is 12.1 Å². The molecule has 5 nitrogen and oxygen atoms in total. The van der Waals surface area contributed by atoms with E-state index < -0.39 is 17.6 Å². The maximum absolute atomic E-state index is 13.2. The number of carbonyl (C=O) groups excluding carboxylic acids is 1. The second-order valence-electron chi connectivity index (χ2n) is 7.22. The number of aliphatic hydroxyl groups excluding tert-OH is 1. The molecule has 2 aromatic rings. The Morgan fingerprint density at radius 2 is 1.97 bits per heavy atom. The number of halogens is 3. The van der Waals surface area contributed by atoms with Crippen molar-refractivity contribution in [1.29, 1.82) is 0 Å². The average molecular weight is 467 g/mol. The fourth-order valence-corrected chi connectivity index (χ4v) is 4.55. The number of ether oxygens (including phenoxy) is 1. The van der Waals surface area contributed by atoms with Gasteiger partial charge in [-0.1, -0.05) is 24.0 Å². The Bertz CT molecular complexity index is 1080. The van der Waals surface area contributed by atoms with E-state index in [4.69, 9.17) is 17.0 Å². The number of thioether (sulfide) groups is 1. The van der Waals surface area contributed by atoms with Crippen LogP contribution in [0.4, 0.5) is 13.2 Å². The van der Waals surface area contributed by atoms with Crippen LogP contribution in [0.2, 0.25) is 0 Å². The second kappa shape index (κ2) is 8.51. The summed E-state index contributed by atoms with van der Waals surface area (Å²) in [4.78, 5) is 16.1. The number of amides is 1. The van der Waals surface area contributed by atoms with Crippen LogP contribution < -0.4 is 10.1 Å². The highest BCUT2D eigenvalue weighted by Gasteiger charge is 2.31. The fourth-order valence-electron chi connectivity index (χ4n) is 3.52. The van der Waals surface area contributed by atoms with Gasteiger partial charge in [0.2, 0.25) is 0 Å². The molecule has 0 unspecified atom stereocenters. The SMILES string of the molecule is O=C1NC(=S)S/C1=C(/O)c1cc(OC2CCCC2)cc(-c2cc(C(F)(F)F)ccn2)c1. The minimum absolute atomic E-state index is 0.0101. The van der Waals surface area contributed by atoms with Gasteiger partial charge in [-0.25, -0.2) is 0 Å². The number of carbonyl (C=O) groups is 1. The Morgan fingerprint density at radius 1 is 1.23 bits per heavy atom. The van der Waals surface area contributed by atoms with Gasteiger partial charge in [-0.05, 0) is 56.0 Å². The predicted octanol–water partition coefficient (Wildman–Crippen LogP) is 5.46. The van der Waals surface area contributed by atoms with Gasteiger partial charge in [0, 0.05) is 17.3 Å². The van der Waals surface area contributed by atoms with Gasteiger partial charge in [-0.3, -0.25) is 9.78 Å². The van der Waals surface area contributed by atoms with Crippen LogP contribution >= 0.6 is 24.0 Å². The van der Waals surface area contributed by atoms with Crippen LogP contribution in [0.25, 0.3) is 17.0 Å². The maximum atomic E-state index is 13.2. The number of thiocarbonyl (C=S) groups is 1. The molecule has 4 rings (SSSR count). The van der Waals surface area contributed by atoms with Crippen molar-refractivity contribution < 1.29 is 27.8 Å². The Labute approximate surface area is 185 Å². The summed E-state index contributed by atoms with van der Waals surface area (Å²) in [7, 11) is 0. The van der Waals surface area contributed by atoms with Crippen LogP contribution in [-0.2, 0) is 11.0 Å². The standard InChI is InChI=1S/C21H17F3N2O3S2/c22-21(23,24)13-5-6-25-16(10-13)11-7-12(17(27)18-19(28)26-20(30)31-18)9-15(8-11)29-14-3-1-2-4-14/h5-10,14,27H,1-4H2,(H,26,28,30)/b18-17+. The Hall–Kier alpha value is -2.59. The molecule has 1 aliphatic carbocycles. The van der Waals surface area contributed by atoms with Crippen molar-refractivity contribution in [3.05, 3.63) is 52.6 Å². The number of nitrogens with zero attached hydrogens (tertiary/aromatic N) is 1. The number of pyridine rings is 1. The lowest BCUT2D eigenvalue weighted by atomic mass is 10.0. The highest BCUT2D eigenvalue weighted by Crippen LogP contribution is 2.36. The van der Waals surface area contributed by atoms with Gasteiger partial charge >= 0.3 is 6.18 Å². The zero-order chi connectivity index (χ0) is 22.2. The van der Waals surface area contributed by atoms with Crippen molar-refractivity contribution in [3.8, 4) is 17.0 Å². The first kappa shape index (κ1) is 21.6. The number of hydrogen-bond donors (Lipinski definition) is 2. The van der Waals surface area contributed by atoms with E-state index in [-0.39, 0.29) is 32.3 Å². The van der Waals surface area contributed by atoms with Crippen LogP contribution in [0.1, 0.15) is 36.8 Å². The minimum Gasteiger partial charge on any atom is -0.506 e. The molecule has 2 N–H and O–H groups in total. The first-order valence-electron chi connectivity index (χ1n) is 9.53. The first-order valence-corrected chi connectivity index (χ1v) is 10.8. The molecular formula is C21H17F3N2O3S2. The number of aliphatic hydroxyl groups is 1. The quantitative estimate of drug-likeness (QED) is 0.354. The Kier molecular flexibility index (Phi) is 5.94. The van der Waals surface area contributed by atoms with Gasteiger partial charge < -0.3 is 15.2 Å². The predicted molar refractivity (Wildman–Crippen MR) is 115 cm³/mol. The molecule has 0 bridgehead atoms. The van der Waals surface area contributed by atoms with Crippen LogP contribution in [0.3, 0.4) is 0 Å². The lowest BCUT2D eigenvalue weighted by Crippen LogP contribution is -2.18. The molecule has 0 atom stereocenters. The van der Waals surface area contributed by atoms with Gasteiger partial charge in [0.05, 0.1) is 17.4 Å². The molecule has 31 heavy (non-hydrogen) atoms. The topological polar surface area (TPSA) is 71.5 Å². The molecule has 10 heteroatoms. The Balaban J connectivity index is 1.80. The normalized spacial score (nSPS) is 18.9. The summed E-state index contributed by atoms with van der Waals surface area (Å²) in [6, 6.07) is 6.46. The van der Waals surface area contributed by atoms with Gasteiger partial charge in [0.15, 0.2) is 0 Å². The highest BCUT2D eigenvalue weighted by atomic mass is 32.2. The van der Waals surface area contributed by atoms with E-state index in [1.807, 2.05) is 0 Å². The summed E-state index contributed by atoms with van der Waals surface area (Å²) >= 11 is 5.88. The van der Waals surface area contributed by atoms with E-state index in [0.717, 1.165) is 55.8 Å². The summed E-state index contributed by atoms with van der Waals surface area (Å²) in [6.45, 7) is 0. The summed E-state index contributed by atoms with van der Waals surface area (Å²) in [5.74, 6) is -0.474. The largest absolute Gasteiger partial charge is 0.506 e. The van der Waals surface area contributed by atoms with E-state index >= 15 is 0 Å². The molecule has 1 aromatic heterocycles. The smallest absolute Gasteiger partial charge is 0.416 e. The van der Waals surface area contributed by atoms with E-state index in [0.29, 0.717) is 11.3 Å². The maximum Gasteiger partial charge on any atom is 0.416 e. The zero-order valence-corrected chi connectivity index (χ0v) is 17.7. The molecular weight excluding hydrogens is 449 g/mol. The molecule has 0 spiro atoms. The third-order valence-electron chi connectivity index (χ3n) is 5.00. The van der Waals surface area contributed by atoms with E-state index in [9.17, 15) is 23.1 Å². The summed E-state index contributed by atoms with van der Waals surface area (Å²) < 4.78 is 45.7. The lowest BCUT2D eigenvalue weighted by molar-refractivity contribution is -0.137. The van der Waals surface area contributed by atoms with Gasteiger partial charge in [-0.2, -0.15) is 13.2 Å². The molecule has 1 aliphatic heterocycles. The van der Waals surface area contributed by atoms with Crippen molar-refractivity contribution >= 4 is 40.0 Å². The average Bonchev–Trinajstić information content (AvgIpc) is 3.35. The van der Waals surface area contributed by atoms with Crippen LogP contribution in [0.15, 0.2) is 41.4 Å². The van der Waals surface area contributed by atoms with Crippen molar-refractivity contribution in [3.63, 3.8) is 0 Å². The number of rotatable bonds is 4. The highest BCUT2D eigenvalue weighted by molar-refractivity contribution is 8.26. The van der Waals surface area contributed by atoms with E-state index in [2.05, 4.69) is 10.3 Å². The van der Waals surface area contributed by atoms with Crippen molar-refractivity contribution in [2.45, 2.75) is 38.0 Å². The number of aromatic nitrogens is 1. The fraction of sp³-hybridized carbons (Fsp3) is 0.286. The van der Waals surface area contributed by atoms with Gasteiger partial charge in [0.1, 0.15) is 20.7 Å². The third-order valence-corrected chi connectivity index (χ3v) is 6.22. The van der Waals surface area contributed by atoms with E-state index in [1.165, 1.54) is 6.07 Å². The summed E-state index contributed by atoms with van der Waals surface area (Å²) in [5.41, 5.74) is -0.202. The summed E-state index contributed by atoms with van der Waals surface area (Å²) in [5, 5.41) is 13.2. The van der Waals surface area contributed by atoms with Crippen molar-refractivity contribution in [2.75, 3.05) is 0 Å². The number of alkyl halides is 3. The molecule has 162 valence electrons. The molecule has 1 amide bonds. The first-order chi connectivity index (χ1) is 14.7. The van der Waals surface area contributed by atoms with Crippen LogP contribution in [-0.4, -0.2) is 26.4 Å². The second-order valence-corrected chi connectivity index (χ2v) is 8.91. The van der Waals surface area contributed by atoms with Crippen molar-refractivity contribution in [1.82, 2.24) is 10.3 Å². The van der Waals surface area contributed by atoms with Crippen LogP contribution in [0, 0.1) is 0 Å². The molecule has 2 heterocycles. The molecule has 0 radical (unpaired) electrons. The lowest BCUT2D eigenvalue weighted by Gasteiger charge is -2.16. The third kappa shape index (κ3) is 4.85. The summed E-state index contributed by atoms with van der Waals surface area (Å²) in [6.07, 6.45) is 0.383. The number of hydrogen-bond acceptors (Lipinski definition) is 6. The Morgan fingerprint density at radius 3 is 2.61 bits per heavy atom. The zero-order valence-electron chi connectivity index (χ0n) is 16.0. The number of nitrogens with one attached hydrogen (secondary N) is 1. The van der Waals surface area contributed by atoms with Gasteiger partial charge in [0.25, 0.3) is 5.91 Å². The minimum atomic E-state index is -4.52. The monoisotopic (exact) mass is 466 g/mol. The molecule has 2 fully saturated rings. The molecule has 2 aliphatic rings.